The van der Waals surface area contributed by atoms with E-state index in [0.29, 0.717) is 22.5 Å². The Morgan fingerprint density at radius 3 is 0.972 bits per heavy atom. The number of nitriles is 2. The minimum absolute atomic E-state index is 0.548. The minimum Gasteiger partial charge on any atom is -0.311 e. The number of benzene rings is 10. The van der Waals surface area contributed by atoms with Crippen LogP contribution in [0.1, 0.15) is 44.5 Å². The fourth-order valence-electron chi connectivity index (χ4n) is 11.7. The summed E-state index contributed by atoms with van der Waals surface area (Å²) < 4.78 is 0. The zero-order valence-electron chi connectivity index (χ0n) is 38.8. The summed E-state index contributed by atoms with van der Waals surface area (Å²) in [7, 11) is 0. The van der Waals surface area contributed by atoms with E-state index >= 15 is 0 Å². The van der Waals surface area contributed by atoms with Crippen molar-refractivity contribution in [1.82, 2.24) is 0 Å². The average Bonchev–Trinajstić information content (AvgIpc) is 3.94. The summed E-state index contributed by atoms with van der Waals surface area (Å²) in [6, 6.07) is 88.7. The Morgan fingerprint density at radius 1 is 0.319 bits per heavy atom. The Labute approximate surface area is 419 Å². The summed E-state index contributed by atoms with van der Waals surface area (Å²) >= 11 is 0. The number of fused-ring (bicyclic) bond motifs is 6. The summed E-state index contributed by atoms with van der Waals surface area (Å²) in [6.07, 6.45) is 0. The van der Waals surface area contributed by atoms with Gasteiger partial charge in [-0.1, -0.05) is 146 Å². The summed E-state index contributed by atoms with van der Waals surface area (Å²) in [5.41, 5.74) is 17.1. The zero-order valence-corrected chi connectivity index (χ0v) is 38.8. The number of rotatable bonds is 9. The topological polar surface area (TPSA) is 62.8 Å². The van der Waals surface area contributed by atoms with Crippen LogP contribution in [0.25, 0.3) is 31.9 Å². The number of anilines is 6. The smallest absolute Gasteiger partial charge is 0.187 e. The summed E-state index contributed by atoms with van der Waals surface area (Å²) in [4.78, 5) is 11.9. The highest BCUT2D eigenvalue weighted by Crippen LogP contribution is 2.70. The Bertz CT molecular complexity index is 3520. The van der Waals surface area contributed by atoms with Crippen molar-refractivity contribution in [2.75, 3.05) is 9.80 Å². The summed E-state index contributed by atoms with van der Waals surface area (Å²) in [5.74, 6) is 0. The highest BCUT2D eigenvalue weighted by atomic mass is 15.1. The van der Waals surface area contributed by atoms with Gasteiger partial charge in [0.05, 0.1) is 47.2 Å². The zero-order chi connectivity index (χ0) is 48.8. The van der Waals surface area contributed by atoms with Crippen LogP contribution in [0.15, 0.2) is 243 Å². The van der Waals surface area contributed by atoms with Crippen molar-refractivity contribution in [3.63, 3.8) is 0 Å². The molecule has 0 saturated carbocycles. The van der Waals surface area contributed by atoms with Gasteiger partial charge in [0, 0.05) is 34.1 Å². The molecule has 0 bridgehead atoms. The van der Waals surface area contributed by atoms with E-state index in [1.165, 1.54) is 11.1 Å². The second kappa shape index (κ2) is 17.4. The van der Waals surface area contributed by atoms with Gasteiger partial charge in [-0.25, -0.2) is 9.69 Å². The van der Waals surface area contributed by atoms with Gasteiger partial charge in [-0.05, 0) is 153 Å². The third-order valence-electron chi connectivity index (χ3n) is 14.5. The molecular weight excluding hydrogens is 877 g/mol. The molecule has 72 heavy (non-hydrogen) atoms. The van der Waals surface area contributed by atoms with E-state index in [1.807, 2.05) is 97.1 Å². The Morgan fingerprint density at radius 2 is 0.625 bits per heavy atom. The lowest BCUT2D eigenvalue weighted by Gasteiger charge is -2.51. The van der Waals surface area contributed by atoms with Gasteiger partial charge in [0.15, 0.2) is 11.4 Å². The van der Waals surface area contributed by atoms with E-state index in [-0.39, 0.29) is 0 Å². The molecule has 0 N–H and O–H groups in total. The van der Waals surface area contributed by atoms with E-state index in [4.69, 9.17) is 13.1 Å². The molecule has 334 valence electrons. The fraction of sp³-hybridized carbons (Fsp3) is 0.0303. The lowest BCUT2D eigenvalue weighted by molar-refractivity contribution is 0.437. The molecular formula is C66H40N6. The predicted octanol–water partition coefficient (Wildman–Crippen LogP) is 16.8. The first kappa shape index (κ1) is 43.1. The van der Waals surface area contributed by atoms with Gasteiger partial charge >= 0.3 is 0 Å². The van der Waals surface area contributed by atoms with Gasteiger partial charge in [-0.3, -0.25) is 0 Å². The highest BCUT2D eigenvalue weighted by Gasteiger charge is 2.64. The van der Waals surface area contributed by atoms with Crippen LogP contribution in [0, 0.1) is 35.8 Å². The Hall–Kier alpha value is -10.2. The summed E-state index contributed by atoms with van der Waals surface area (Å²) in [6.45, 7) is 15.5. The van der Waals surface area contributed by atoms with Crippen molar-refractivity contribution in [1.29, 1.82) is 10.5 Å². The number of hydrogen-bond donors (Lipinski definition) is 0. The molecule has 0 fully saturated rings. The third kappa shape index (κ3) is 6.46. The molecule has 0 amide bonds. The Balaban J connectivity index is 1.22. The molecule has 10 aromatic rings. The quantitative estimate of drug-likeness (QED) is 0.135. The molecule has 6 nitrogen and oxygen atoms in total. The van der Waals surface area contributed by atoms with Crippen molar-refractivity contribution < 1.29 is 0 Å². The second-order valence-corrected chi connectivity index (χ2v) is 18.0. The molecule has 2 aliphatic carbocycles. The second-order valence-electron chi connectivity index (χ2n) is 18.0. The van der Waals surface area contributed by atoms with Crippen molar-refractivity contribution in [2.24, 2.45) is 0 Å². The highest BCUT2D eigenvalue weighted by molar-refractivity contribution is 5.96. The van der Waals surface area contributed by atoms with Crippen LogP contribution >= 0.6 is 0 Å². The van der Waals surface area contributed by atoms with Crippen LogP contribution in [0.4, 0.5) is 45.5 Å². The molecule has 2 aliphatic rings. The van der Waals surface area contributed by atoms with Gasteiger partial charge in [0.2, 0.25) is 0 Å². The van der Waals surface area contributed by atoms with E-state index in [0.717, 1.165) is 78.6 Å². The van der Waals surface area contributed by atoms with Crippen molar-refractivity contribution >= 4 is 45.5 Å². The summed E-state index contributed by atoms with van der Waals surface area (Å²) in [5, 5.41) is 19.7. The molecule has 0 saturated heterocycles. The maximum atomic E-state index is 9.87. The van der Waals surface area contributed by atoms with Crippen molar-refractivity contribution in [3.05, 3.63) is 310 Å². The van der Waals surface area contributed by atoms with Crippen LogP contribution in [0.2, 0.25) is 0 Å². The molecule has 0 heterocycles. The lowest BCUT2D eigenvalue weighted by atomic mass is 9.49. The molecule has 0 spiro atoms. The maximum absolute atomic E-state index is 9.87. The van der Waals surface area contributed by atoms with Gasteiger partial charge in [0.25, 0.3) is 0 Å². The largest absolute Gasteiger partial charge is 0.311 e. The normalized spacial score (nSPS) is 15.6. The van der Waals surface area contributed by atoms with E-state index < -0.39 is 10.8 Å². The molecule has 0 aromatic heterocycles. The first-order chi connectivity index (χ1) is 35.5. The van der Waals surface area contributed by atoms with Crippen molar-refractivity contribution in [2.45, 2.75) is 10.8 Å². The van der Waals surface area contributed by atoms with Crippen LogP contribution in [-0.2, 0) is 10.8 Å². The maximum Gasteiger partial charge on any atom is 0.187 e. The molecule has 12 rings (SSSR count). The lowest BCUT2D eigenvalue weighted by Crippen LogP contribution is -2.50. The van der Waals surface area contributed by atoms with Crippen molar-refractivity contribution in [3.8, 4) is 34.4 Å². The number of hydrogen-bond acceptors (Lipinski definition) is 4. The van der Waals surface area contributed by atoms with Crippen LogP contribution in [-0.4, -0.2) is 0 Å². The molecule has 2 unspecified atom stereocenters. The first-order valence-corrected chi connectivity index (χ1v) is 23.7. The van der Waals surface area contributed by atoms with Crippen LogP contribution < -0.4 is 9.80 Å². The van der Waals surface area contributed by atoms with Crippen LogP contribution in [0.3, 0.4) is 0 Å². The van der Waals surface area contributed by atoms with Gasteiger partial charge in [-0.2, -0.15) is 10.5 Å². The molecule has 10 aromatic carbocycles. The van der Waals surface area contributed by atoms with Gasteiger partial charge < -0.3 is 9.80 Å². The fourth-order valence-corrected chi connectivity index (χ4v) is 11.7. The molecule has 6 heteroatoms. The SMILES string of the molecule is [C-]#[N+]c1ccc(N(c2ccc(C#N)cc2)c2ccc3c(c2)C(c2ccccc2)(C2(c4ccccc4)c4ccccc4-c4ccc(N(c5ccc(C#N)cc5)c5ccc([N+]#[C-])cc5)cc42)c2ccccc2-3)cc1. The van der Waals surface area contributed by atoms with E-state index in [1.54, 1.807) is 0 Å². The predicted molar refractivity (Wildman–Crippen MR) is 288 cm³/mol. The molecule has 0 radical (unpaired) electrons. The van der Waals surface area contributed by atoms with E-state index in [2.05, 4.69) is 177 Å². The first-order valence-electron chi connectivity index (χ1n) is 23.7. The molecule has 2 atom stereocenters. The molecule has 0 aliphatic heterocycles. The standard InChI is InChI=1S/C66H40N6/c1-69-49-25-33-53(34-26-49)71(51-29-21-45(43-67)22-30-51)55-37-39-59-57-17-9-11-19-61(57)65(63(59)41-55,47-13-5-3-6-14-47)66(48-15-7-4-8-16-48)62-20-12-10-18-58(62)60-40-38-56(42-64(60)66)72(52-31-23-46(44-68)24-32-52)54-35-27-50(70-2)28-36-54/h3-42H. The van der Waals surface area contributed by atoms with Crippen LogP contribution in [0.5, 0.6) is 0 Å². The monoisotopic (exact) mass is 916 g/mol. The van der Waals surface area contributed by atoms with Gasteiger partial charge in [-0.15, -0.1) is 0 Å². The van der Waals surface area contributed by atoms with Gasteiger partial charge in [0.1, 0.15) is 0 Å². The Kier molecular flexibility index (Phi) is 10.4. The number of nitrogens with zero attached hydrogens (tertiary/aromatic N) is 6. The minimum atomic E-state index is -0.932. The average molecular weight is 917 g/mol. The third-order valence-corrected chi connectivity index (χ3v) is 14.5. The van der Waals surface area contributed by atoms with E-state index in [9.17, 15) is 10.5 Å².